The third kappa shape index (κ3) is 5.21. The molecule has 0 aliphatic carbocycles. The van der Waals surface area contributed by atoms with Crippen molar-refractivity contribution in [3.8, 4) is 0 Å². The van der Waals surface area contributed by atoms with E-state index in [1.165, 1.54) is 22.4 Å². The first-order chi connectivity index (χ1) is 18.3. The molecule has 1 amide bonds. The van der Waals surface area contributed by atoms with E-state index in [1.54, 1.807) is 42.7 Å². The van der Waals surface area contributed by atoms with Gasteiger partial charge in [0.05, 0.1) is 12.0 Å². The van der Waals surface area contributed by atoms with Gasteiger partial charge in [-0.05, 0) is 60.0 Å². The summed E-state index contributed by atoms with van der Waals surface area (Å²) in [5, 5.41) is 2.14. The van der Waals surface area contributed by atoms with E-state index >= 15 is 0 Å². The number of ether oxygens (including phenoxy) is 1. The third-order valence-electron chi connectivity index (χ3n) is 7.38. The van der Waals surface area contributed by atoms with Gasteiger partial charge < -0.3 is 14.5 Å². The molecule has 2 saturated heterocycles. The summed E-state index contributed by atoms with van der Waals surface area (Å²) in [6.45, 7) is 1.48. The number of pyridine rings is 1. The van der Waals surface area contributed by atoms with Gasteiger partial charge >= 0.3 is 5.97 Å². The average molecular weight is 557 g/mol. The number of aromatic nitrogens is 1. The van der Waals surface area contributed by atoms with Crippen molar-refractivity contribution in [1.82, 2.24) is 14.2 Å². The highest BCUT2D eigenvalue weighted by atomic mass is 35.5. The number of hydrogen-bond donors (Lipinski definition) is 0. The second-order valence-corrected chi connectivity index (χ2v) is 11.9. The maximum Gasteiger partial charge on any atom is 0.329 e. The van der Waals surface area contributed by atoms with Crippen LogP contribution >= 0.6 is 11.6 Å². The number of anilines is 1. The first-order valence-corrected chi connectivity index (χ1v) is 14.3. The molecule has 1 aromatic heterocycles. The highest BCUT2D eigenvalue weighted by molar-refractivity contribution is 7.89. The number of methoxy groups -OCH3 is 1. The Labute approximate surface area is 227 Å². The fraction of sp³-hybridized carbons (Fsp3) is 0.370. The zero-order valence-electron chi connectivity index (χ0n) is 21.0. The van der Waals surface area contributed by atoms with Crippen LogP contribution in [0.15, 0.2) is 65.8 Å². The predicted molar refractivity (Wildman–Crippen MR) is 144 cm³/mol. The monoisotopic (exact) mass is 556 g/mol. The van der Waals surface area contributed by atoms with Gasteiger partial charge in [0, 0.05) is 61.7 Å². The molecular weight excluding hydrogens is 528 g/mol. The van der Waals surface area contributed by atoms with Crippen molar-refractivity contribution in [3.63, 3.8) is 0 Å². The number of hydrogen-bond acceptors (Lipinski definition) is 7. The zero-order valence-corrected chi connectivity index (χ0v) is 22.6. The first-order valence-electron chi connectivity index (χ1n) is 12.5. The van der Waals surface area contributed by atoms with Crippen LogP contribution in [0.2, 0.25) is 5.02 Å². The Hall–Kier alpha value is -3.21. The minimum absolute atomic E-state index is 0.0933. The maximum atomic E-state index is 13.5. The number of rotatable bonds is 5. The van der Waals surface area contributed by atoms with Crippen molar-refractivity contribution >= 4 is 50.0 Å². The molecule has 2 fully saturated rings. The molecule has 0 saturated carbocycles. The van der Waals surface area contributed by atoms with Crippen LogP contribution in [0.25, 0.3) is 10.8 Å². The highest BCUT2D eigenvalue weighted by Gasteiger charge is 2.42. The molecule has 5 rings (SSSR count). The van der Waals surface area contributed by atoms with E-state index in [9.17, 15) is 18.0 Å². The number of benzene rings is 2. The Balaban J connectivity index is 1.31. The number of sulfonamides is 1. The van der Waals surface area contributed by atoms with Crippen molar-refractivity contribution in [2.45, 2.75) is 23.8 Å². The Bertz CT molecular complexity index is 1440. The molecule has 2 aliphatic rings. The summed E-state index contributed by atoms with van der Waals surface area (Å²) in [7, 11) is -2.66. The Morgan fingerprint density at radius 2 is 1.63 bits per heavy atom. The van der Waals surface area contributed by atoms with Gasteiger partial charge in [-0.15, -0.1) is 0 Å². The number of fused-ring (bicyclic) bond motifs is 1. The van der Waals surface area contributed by atoms with Gasteiger partial charge in [-0.25, -0.2) is 13.2 Å². The fourth-order valence-corrected chi connectivity index (χ4v) is 6.91. The quantitative estimate of drug-likeness (QED) is 0.445. The second-order valence-electron chi connectivity index (χ2n) is 9.55. The van der Waals surface area contributed by atoms with Gasteiger partial charge in [0.25, 0.3) is 0 Å². The van der Waals surface area contributed by atoms with E-state index < -0.39 is 22.0 Å². The highest BCUT2D eigenvalue weighted by Crippen LogP contribution is 2.29. The van der Waals surface area contributed by atoms with Crippen molar-refractivity contribution in [2.75, 3.05) is 44.7 Å². The molecule has 1 unspecified atom stereocenters. The molecular formula is C27H29ClN4O5S. The van der Waals surface area contributed by atoms with Gasteiger partial charge in [-0.1, -0.05) is 23.7 Å². The molecule has 3 heterocycles. The Morgan fingerprint density at radius 3 is 2.34 bits per heavy atom. The van der Waals surface area contributed by atoms with Crippen LogP contribution < -0.4 is 4.90 Å². The van der Waals surface area contributed by atoms with Crippen molar-refractivity contribution in [3.05, 3.63) is 65.9 Å². The lowest BCUT2D eigenvalue weighted by molar-refractivity contribution is -0.157. The normalized spacial score (nSPS) is 19.5. The van der Waals surface area contributed by atoms with E-state index in [-0.39, 0.29) is 36.4 Å². The van der Waals surface area contributed by atoms with Crippen LogP contribution in [-0.4, -0.2) is 80.4 Å². The number of carbonyl (C=O) groups excluding carboxylic acids is 2. The number of piperazine rings is 1. The van der Waals surface area contributed by atoms with E-state index in [0.717, 1.165) is 16.5 Å². The predicted octanol–water partition coefficient (Wildman–Crippen LogP) is 3.18. The number of esters is 1. The van der Waals surface area contributed by atoms with Crippen LogP contribution in [0.4, 0.5) is 5.69 Å². The molecule has 1 atom stereocenters. The van der Waals surface area contributed by atoms with Gasteiger partial charge in [0.2, 0.25) is 15.9 Å². The number of halogens is 1. The first kappa shape index (κ1) is 26.4. The largest absolute Gasteiger partial charge is 0.467 e. The summed E-state index contributed by atoms with van der Waals surface area (Å²) in [5.41, 5.74) is 1.06. The SMILES string of the molecule is COC(=O)C1CN(S(=O)(=O)c2ccc3cc(Cl)ccc3c2)CCN1C(=O)C1CCN(c2ccncc2)CC1. The third-order valence-corrected chi connectivity index (χ3v) is 9.48. The lowest BCUT2D eigenvalue weighted by Crippen LogP contribution is -2.61. The van der Waals surface area contributed by atoms with Crippen molar-refractivity contribution in [1.29, 1.82) is 0 Å². The molecule has 0 spiro atoms. The summed E-state index contributed by atoms with van der Waals surface area (Å²) in [4.78, 5) is 34.2. The smallest absolute Gasteiger partial charge is 0.329 e. The Morgan fingerprint density at radius 1 is 0.947 bits per heavy atom. The summed E-state index contributed by atoms with van der Waals surface area (Å²) in [6, 6.07) is 13.0. The van der Waals surface area contributed by atoms with Crippen LogP contribution in [0.3, 0.4) is 0 Å². The summed E-state index contributed by atoms with van der Waals surface area (Å²) in [6.07, 6.45) is 4.78. The molecule has 200 valence electrons. The lowest BCUT2D eigenvalue weighted by atomic mass is 9.94. The molecule has 0 radical (unpaired) electrons. The van der Waals surface area contributed by atoms with Crippen LogP contribution in [0, 0.1) is 5.92 Å². The maximum absolute atomic E-state index is 13.5. The molecule has 3 aromatic rings. The van der Waals surface area contributed by atoms with Crippen molar-refractivity contribution in [2.24, 2.45) is 5.92 Å². The molecule has 0 N–H and O–H groups in total. The minimum atomic E-state index is -3.91. The van der Waals surface area contributed by atoms with Gasteiger partial charge in [0.15, 0.2) is 0 Å². The summed E-state index contributed by atoms with van der Waals surface area (Å²) in [5.74, 6) is -0.995. The topological polar surface area (TPSA) is 100 Å². The Kier molecular flexibility index (Phi) is 7.56. The number of carbonyl (C=O) groups is 2. The van der Waals surface area contributed by atoms with Crippen molar-refractivity contribution < 1.29 is 22.7 Å². The van der Waals surface area contributed by atoms with Gasteiger partial charge in [0.1, 0.15) is 6.04 Å². The zero-order chi connectivity index (χ0) is 26.9. The molecule has 38 heavy (non-hydrogen) atoms. The van der Waals surface area contributed by atoms with Crippen LogP contribution in [-0.2, 0) is 24.3 Å². The molecule has 2 aromatic carbocycles. The summed E-state index contributed by atoms with van der Waals surface area (Å²) < 4.78 is 33.3. The van der Waals surface area contributed by atoms with E-state index in [4.69, 9.17) is 16.3 Å². The lowest BCUT2D eigenvalue weighted by Gasteiger charge is -2.42. The van der Waals surface area contributed by atoms with E-state index in [2.05, 4.69) is 9.88 Å². The second kappa shape index (κ2) is 10.9. The van der Waals surface area contributed by atoms with E-state index in [0.29, 0.717) is 31.0 Å². The molecule has 9 nitrogen and oxygen atoms in total. The van der Waals surface area contributed by atoms with Gasteiger partial charge in [-0.2, -0.15) is 4.31 Å². The fourth-order valence-electron chi connectivity index (χ4n) is 5.26. The molecule has 11 heteroatoms. The van der Waals surface area contributed by atoms with Gasteiger partial charge in [-0.3, -0.25) is 9.78 Å². The van der Waals surface area contributed by atoms with Crippen LogP contribution in [0.1, 0.15) is 12.8 Å². The van der Waals surface area contributed by atoms with Crippen LogP contribution in [0.5, 0.6) is 0 Å². The summed E-state index contributed by atoms with van der Waals surface area (Å²) >= 11 is 6.05. The van der Waals surface area contributed by atoms with E-state index in [1.807, 2.05) is 12.1 Å². The molecule has 2 aliphatic heterocycles. The average Bonchev–Trinajstić information content (AvgIpc) is 2.96. The number of piperidine rings is 1. The minimum Gasteiger partial charge on any atom is -0.467 e. The molecule has 0 bridgehead atoms. The number of nitrogens with zero attached hydrogens (tertiary/aromatic N) is 4. The standard InChI is InChI=1S/C27H29ClN4O5S/c1-37-27(34)25-18-31(38(35,36)24-5-3-20-16-22(28)4-2-21(20)17-24)14-15-32(25)26(33)19-8-12-30(13-9-19)23-6-10-29-11-7-23/h2-7,10-11,16-17,19,25H,8-9,12-15,18H2,1H3. The number of amides is 1.